The standard InChI is InChI=1S/C19H18N2O3/c22-19(23)17-11-10-16(24-17)18-14-8-4-5-9-15(14)21(20-18)12-13-6-2-1-3-7-13/h2,4-10,17H,1,3,11-12H2,(H,22,23). The van der Waals surface area contributed by atoms with E-state index in [1.54, 1.807) is 0 Å². The van der Waals surface area contributed by atoms with E-state index >= 15 is 0 Å². The molecule has 1 aromatic carbocycles. The second kappa shape index (κ2) is 6.00. The second-order valence-electron chi connectivity index (χ2n) is 6.03. The highest BCUT2D eigenvalue weighted by atomic mass is 16.5. The summed E-state index contributed by atoms with van der Waals surface area (Å²) in [6, 6.07) is 7.97. The van der Waals surface area contributed by atoms with E-state index in [2.05, 4.69) is 18.2 Å². The maximum atomic E-state index is 11.1. The van der Waals surface area contributed by atoms with Gasteiger partial charge in [0.25, 0.3) is 0 Å². The number of aromatic nitrogens is 2. The van der Waals surface area contributed by atoms with Gasteiger partial charge in [-0.1, -0.05) is 36.4 Å². The van der Waals surface area contributed by atoms with Gasteiger partial charge in [0.15, 0.2) is 6.10 Å². The van der Waals surface area contributed by atoms with Crippen LogP contribution in [0.4, 0.5) is 0 Å². The van der Waals surface area contributed by atoms with Crippen molar-refractivity contribution in [3.8, 4) is 0 Å². The highest BCUT2D eigenvalue weighted by Gasteiger charge is 2.28. The summed E-state index contributed by atoms with van der Waals surface area (Å²) in [7, 11) is 0. The molecule has 0 bridgehead atoms. The number of carboxylic acids is 1. The summed E-state index contributed by atoms with van der Waals surface area (Å²) in [5, 5.41) is 14.8. The van der Waals surface area contributed by atoms with E-state index < -0.39 is 12.1 Å². The minimum absolute atomic E-state index is 0.375. The molecule has 1 unspecified atom stereocenters. The Labute approximate surface area is 139 Å². The van der Waals surface area contributed by atoms with Crippen LogP contribution in [0.15, 0.2) is 54.1 Å². The van der Waals surface area contributed by atoms with E-state index in [4.69, 9.17) is 14.9 Å². The van der Waals surface area contributed by atoms with E-state index in [0.29, 0.717) is 18.7 Å². The van der Waals surface area contributed by atoms with Crippen LogP contribution >= 0.6 is 0 Å². The predicted octanol–water partition coefficient (Wildman–Crippen LogP) is 3.53. The number of para-hydroxylation sites is 1. The average molecular weight is 322 g/mol. The first kappa shape index (κ1) is 14.8. The summed E-state index contributed by atoms with van der Waals surface area (Å²) in [5.41, 5.74) is 2.98. The van der Waals surface area contributed by atoms with Crippen molar-refractivity contribution in [1.82, 2.24) is 9.78 Å². The quantitative estimate of drug-likeness (QED) is 0.935. The van der Waals surface area contributed by atoms with Crippen molar-refractivity contribution in [3.63, 3.8) is 0 Å². The average Bonchev–Trinajstić information content (AvgIpc) is 3.21. The molecule has 1 aromatic heterocycles. The van der Waals surface area contributed by atoms with Crippen molar-refractivity contribution in [1.29, 1.82) is 0 Å². The molecule has 0 fully saturated rings. The lowest BCUT2D eigenvalue weighted by atomic mass is 10.1. The number of ether oxygens (including phenoxy) is 1. The summed E-state index contributed by atoms with van der Waals surface area (Å²) in [4.78, 5) is 11.1. The number of hydrogen-bond acceptors (Lipinski definition) is 3. The largest absolute Gasteiger partial charge is 0.478 e. The fourth-order valence-electron chi connectivity index (χ4n) is 3.16. The molecule has 2 aliphatic rings. The molecule has 122 valence electrons. The third-order valence-corrected chi connectivity index (χ3v) is 4.36. The molecule has 4 rings (SSSR count). The maximum Gasteiger partial charge on any atom is 0.345 e. The Bertz CT molecular complexity index is 889. The smallest absolute Gasteiger partial charge is 0.345 e. The van der Waals surface area contributed by atoms with Crippen molar-refractivity contribution < 1.29 is 14.6 Å². The number of carbonyl (C=O) groups is 1. The number of allylic oxidation sites excluding steroid dienone is 4. The second-order valence-corrected chi connectivity index (χ2v) is 6.03. The number of carboxylic acid groups (broad SMARTS) is 1. The summed E-state index contributed by atoms with van der Waals surface area (Å²) in [6.07, 6.45) is 10.1. The normalized spacial score (nSPS) is 19.9. The molecule has 5 heteroatoms. The molecular formula is C19H18N2O3. The molecule has 24 heavy (non-hydrogen) atoms. The molecule has 0 radical (unpaired) electrons. The minimum Gasteiger partial charge on any atom is -0.478 e. The van der Waals surface area contributed by atoms with Crippen molar-refractivity contribution in [2.45, 2.75) is 31.9 Å². The predicted molar refractivity (Wildman–Crippen MR) is 91.3 cm³/mol. The van der Waals surface area contributed by atoms with Gasteiger partial charge in [0.05, 0.1) is 12.1 Å². The SMILES string of the molecule is O=C(O)C1CC=C(c2nn(CC3=CCCC=C3)c3ccccc23)O1. The van der Waals surface area contributed by atoms with Gasteiger partial charge < -0.3 is 9.84 Å². The summed E-state index contributed by atoms with van der Waals surface area (Å²) >= 11 is 0. The van der Waals surface area contributed by atoms with Crippen LogP contribution in [0.25, 0.3) is 16.7 Å². The molecule has 5 nitrogen and oxygen atoms in total. The minimum atomic E-state index is -0.942. The fraction of sp³-hybridized carbons (Fsp3) is 0.263. The molecule has 2 heterocycles. The Morgan fingerprint density at radius 3 is 2.92 bits per heavy atom. The number of nitrogens with zero attached hydrogens (tertiary/aromatic N) is 2. The zero-order chi connectivity index (χ0) is 16.5. The molecule has 1 N–H and O–H groups in total. The van der Waals surface area contributed by atoms with E-state index in [0.717, 1.165) is 29.4 Å². The Morgan fingerprint density at radius 2 is 2.17 bits per heavy atom. The van der Waals surface area contributed by atoms with Crippen LogP contribution in [0, 0.1) is 0 Å². The van der Waals surface area contributed by atoms with Crippen LogP contribution < -0.4 is 0 Å². The topological polar surface area (TPSA) is 64.3 Å². The first-order chi connectivity index (χ1) is 11.7. The van der Waals surface area contributed by atoms with Crippen LogP contribution in [-0.4, -0.2) is 27.0 Å². The first-order valence-electron chi connectivity index (χ1n) is 8.13. The lowest BCUT2D eigenvalue weighted by Gasteiger charge is -2.08. The van der Waals surface area contributed by atoms with Gasteiger partial charge in [0.2, 0.25) is 0 Å². The fourth-order valence-corrected chi connectivity index (χ4v) is 3.16. The number of hydrogen-bond donors (Lipinski definition) is 1. The van der Waals surface area contributed by atoms with Crippen LogP contribution in [0.5, 0.6) is 0 Å². The Hall–Kier alpha value is -2.82. The molecule has 1 atom stereocenters. The summed E-state index contributed by atoms with van der Waals surface area (Å²) in [5.74, 6) is -0.381. The molecule has 0 spiro atoms. The summed E-state index contributed by atoms with van der Waals surface area (Å²) in [6.45, 7) is 0.701. The highest BCUT2D eigenvalue weighted by molar-refractivity contribution is 5.90. The lowest BCUT2D eigenvalue weighted by molar-refractivity contribution is -0.145. The Kier molecular flexibility index (Phi) is 3.69. The molecule has 0 saturated carbocycles. The number of benzene rings is 1. The first-order valence-corrected chi connectivity index (χ1v) is 8.13. The van der Waals surface area contributed by atoms with E-state index in [-0.39, 0.29) is 0 Å². The van der Waals surface area contributed by atoms with Crippen molar-refractivity contribution >= 4 is 22.6 Å². The van der Waals surface area contributed by atoms with Crippen LogP contribution in [0.2, 0.25) is 0 Å². The van der Waals surface area contributed by atoms with Gasteiger partial charge in [0.1, 0.15) is 11.5 Å². The maximum absolute atomic E-state index is 11.1. The van der Waals surface area contributed by atoms with Gasteiger partial charge in [-0.3, -0.25) is 4.68 Å². The van der Waals surface area contributed by atoms with Gasteiger partial charge in [0, 0.05) is 11.8 Å². The third-order valence-electron chi connectivity index (χ3n) is 4.36. The van der Waals surface area contributed by atoms with Gasteiger partial charge >= 0.3 is 5.97 Å². The van der Waals surface area contributed by atoms with E-state index in [1.165, 1.54) is 5.57 Å². The number of fused-ring (bicyclic) bond motifs is 1. The molecule has 1 aliphatic carbocycles. The van der Waals surface area contributed by atoms with Gasteiger partial charge in [-0.05, 0) is 30.6 Å². The monoisotopic (exact) mass is 322 g/mol. The molecular weight excluding hydrogens is 304 g/mol. The van der Waals surface area contributed by atoms with Gasteiger partial charge in [-0.15, -0.1) is 0 Å². The zero-order valence-electron chi connectivity index (χ0n) is 13.2. The van der Waals surface area contributed by atoms with Crippen LogP contribution in [0.3, 0.4) is 0 Å². The van der Waals surface area contributed by atoms with Crippen LogP contribution in [0.1, 0.15) is 25.0 Å². The molecule has 2 aromatic rings. The number of aliphatic carboxylic acids is 1. The Morgan fingerprint density at radius 1 is 1.29 bits per heavy atom. The van der Waals surface area contributed by atoms with E-state index in [1.807, 2.05) is 35.0 Å². The zero-order valence-corrected chi connectivity index (χ0v) is 13.2. The lowest BCUT2D eigenvalue weighted by Crippen LogP contribution is -2.18. The van der Waals surface area contributed by atoms with Gasteiger partial charge in [-0.2, -0.15) is 5.10 Å². The molecule has 1 aliphatic heterocycles. The number of rotatable bonds is 4. The third kappa shape index (κ3) is 2.62. The van der Waals surface area contributed by atoms with Crippen molar-refractivity contribution in [2.75, 3.05) is 0 Å². The summed E-state index contributed by atoms with van der Waals surface area (Å²) < 4.78 is 7.54. The van der Waals surface area contributed by atoms with E-state index in [9.17, 15) is 4.79 Å². The highest BCUT2D eigenvalue weighted by Crippen LogP contribution is 2.31. The van der Waals surface area contributed by atoms with Gasteiger partial charge in [-0.25, -0.2) is 4.79 Å². The Balaban J connectivity index is 1.71. The van der Waals surface area contributed by atoms with Crippen molar-refractivity contribution in [2.24, 2.45) is 0 Å². The van der Waals surface area contributed by atoms with Crippen LogP contribution in [-0.2, 0) is 16.1 Å². The molecule has 0 saturated heterocycles. The molecule has 0 amide bonds. The van der Waals surface area contributed by atoms with Crippen molar-refractivity contribution in [3.05, 3.63) is 59.8 Å².